The van der Waals surface area contributed by atoms with Crippen molar-refractivity contribution in [1.82, 2.24) is 15.5 Å². The lowest BCUT2D eigenvalue weighted by molar-refractivity contribution is -0.125. The zero-order chi connectivity index (χ0) is 13.7. The van der Waals surface area contributed by atoms with Crippen molar-refractivity contribution in [2.75, 3.05) is 39.3 Å². The monoisotopic (exact) mass is 267 g/mol. The molecule has 0 spiro atoms. The van der Waals surface area contributed by atoms with E-state index in [1.807, 2.05) is 0 Å². The largest absolute Gasteiger partial charge is 0.356 e. The zero-order valence-corrected chi connectivity index (χ0v) is 12.5. The van der Waals surface area contributed by atoms with E-state index < -0.39 is 0 Å². The van der Waals surface area contributed by atoms with E-state index in [4.69, 9.17) is 0 Å². The van der Waals surface area contributed by atoms with Crippen molar-refractivity contribution < 1.29 is 4.79 Å². The Morgan fingerprint density at radius 1 is 1.26 bits per heavy atom. The Kier molecular flexibility index (Phi) is 5.64. The van der Waals surface area contributed by atoms with Gasteiger partial charge < -0.3 is 15.5 Å². The Bertz CT molecular complexity index is 287. The Hall–Kier alpha value is -0.610. The van der Waals surface area contributed by atoms with E-state index in [0.29, 0.717) is 5.92 Å². The molecule has 2 fully saturated rings. The molecule has 1 amide bonds. The molecule has 2 saturated heterocycles. The van der Waals surface area contributed by atoms with E-state index in [-0.39, 0.29) is 11.8 Å². The summed E-state index contributed by atoms with van der Waals surface area (Å²) in [6, 6.07) is 0. The third-order valence-corrected chi connectivity index (χ3v) is 4.68. The maximum atomic E-state index is 12.0. The van der Waals surface area contributed by atoms with Gasteiger partial charge in [0.1, 0.15) is 0 Å². The summed E-state index contributed by atoms with van der Waals surface area (Å²) < 4.78 is 0. The van der Waals surface area contributed by atoms with E-state index in [1.165, 1.54) is 25.9 Å². The van der Waals surface area contributed by atoms with Gasteiger partial charge in [0.2, 0.25) is 5.91 Å². The minimum absolute atomic E-state index is 0.177. The average molecular weight is 267 g/mol. The highest BCUT2D eigenvalue weighted by Gasteiger charge is 2.29. The summed E-state index contributed by atoms with van der Waals surface area (Å²) in [4.78, 5) is 14.5. The second kappa shape index (κ2) is 7.25. The molecule has 0 unspecified atom stereocenters. The number of hydrogen-bond donors (Lipinski definition) is 2. The highest BCUT2D eigenvalue weighted by atomic mass is 16.1. The van der Waals surface area contributed by atoms with Crippen LogP contribution in [0.4, 0.5) is 0 Å². The van der Waals surface area contributed by atoms with Crippen molar-refractivity contribution in [1.29, 1.82) is 0 Å². The number of nitrogens with zero attached hydrogens (tertiary/aromatic N) is 1. The molecular formula is C15H29N3O. The Morgan fingerprint density at radius 2 is 2.00 bits per heavy atom. The number of piperidine rings is 1. The van der Waals surface area contributed by atoms with Gasteiger partial charge in [-0.05, 0) is 57.3 Å². The van der Waals surface area contributed by atoms with Gasteiger partial charge in [0, 0.05) is 13.1 Å². The molecule has 2 rings (SSSR count). The van der Waals surface area contributed by atoms with E-state index in [2.05, 4.69) is 29.4 Å². The van der Waals surface area contributed by atoms with Gasteiger partial charge in [0.25, 0.3) is 0 Å². The van der Waals surface area contributed by atoms with Crippen LogP contribution in [-0.2, 0) is 4.79 Å². The van der Waals surface area contributed by atoms with Crippen LogP contribution >= 0.6 is 0 Å². The number of nitrogens with one attached hydrogen (secondary N) is 2. The molecule has 0 saturated carbocycles. The lowest BCUT2D eigenvalue weighted by atomic mass is 9.97. The number of rotatable bonds is 5. The number of carbonyl (C=O) groups is 1. The zero-order valence-electron chi connectivity index (χ0n) is 12.5. The number of hydrogen-bond acceptors (Lipinski definition) is 3. The van der Waals surface area contributed by atoms with Gasteiger partial charge in [-0.1, -0.05) is 13.8 Å². The third-order valence-electron chi connectivity index (χ3n) is 4.68. The van der Waals surface area contributed by atoms with Crippen LogP contribution in [0.5, 0.6) is 0 Å². The standard InChI is InChI=1S/C15H29N3O/c1-12-4-8-18(9-5-12)7-3-6-17-15(19)14-11-16-10-13(14)2/h12-14,16H,3-11H2,1-2H3,(H,17,19)/t13-,14-/m1/s1. The summed E-state index contributed by atoms with van der Waals surface area (Å²) in [7, 11) is 0. The smallest absolute Gasteiger partial charge is 0.224 e. The SMILES string of the molecule is CC1CCN(CCCNC(=O)[C@@H]2CNC[C@H]2C)CC1. The molecule has 0 aromatic rings. The quantitative estimate of drug-likeness (QED) is 0.733. The van der Waals surface area contributed by atoms with E-state index in [0.717, 1.165) is 38.5 Å². The molecule has 0 bridgehead atoms. The molecular weight excluding hydrogens is 238 g/mol. The maximum absolute atomic E-state index is 12.0. The minimum Gasteiger partial charge on any atom is -0.356 e. The van der Waals surface area contributed by atoms with E-state index >= 15 is 0 Å². The molecule has 2 heterocycles. The second-order valence-electron chi connectivity index (χ2n) is 6.41. The van der Waals surface area contributed by atoms with Crippen LogP contribution in [-0.4, -0.2) is 50.1 Å². The lowest BCUT2D eigenvalue weighted by Crippen LogP contribution is -2.38. The van der Waals surface area contributed by atoms with Gasteiger partial charge in [-0.15, -0.1) is 0 Å². The summed E-state index contributed by atoms with van der Waals surface area (Å²) in [6.07, 6.45) is 3.74. The molecule has 2 atom stereocenters. The van der Waals surface area contributed by atoms with E-state index in [1.54, 1.807) is 0 Å². The van der Waals surface area contributed by atoms with Crippen molar-refractivity contribution in [3.63, 3.8) is 0 Å². The lowest BCUT2D eigenvalue weighted by Gasteiger charge is -2.30. The topological polar surface area (TPSA) is 44.4 Å². The summed E-state index contributed by atoms with van der Waals surface area (Å²) >= 11 is 0. The summed E-state index contributed by atoms with van der Waals surface area (Å²) in [6.45, 7) is 10.7. The fourth-order valence-electron chi connectivity index (χ4n) is 3.09. The molecule has 0 radical (unpaired) electrons. The van der Waals surface area contributed by atoms with Crippen molar-refractivity contribution in [3.8, 4) is 0 Å². The van der Waals surface area contributed by atoms with Gasteiger partial charge in [-0.3, -0.25) is 4.79 Å². The van der Waals surface area contributed by atoms with Gasteiger partial charge in [0.15, 0.2) is 0 Å². The van der Waals surface area contributed by atoms with Crippen LogP contribution in [0.3, 0.4) is 0 Å². The first kappa shape index (κ1) is 14.8. The Balaban J connectivity index is 1.55. The predicted molar refractivity (Wildman–Crippen MR) is 78.0 cm³/mol. The molecule has 4 heteroatoms. The third kappa shape index (κ3) is 4.46. The first-order valence-corrected chi connectivity index (χ1v) is 7.87. The highest BCUT2D eigenvalue weighted by molar-refractivity contribution is 5.79. The van der Waals surface area contributed by atoms with Crippen LogP contribution < -0.4 is 10.6 Å². The summed E-state index contributed by atoms with van der Waals surface area (Å²) in [5.41, 5.74) is 0. The summed E-state index contributed by atoms with van der Waals surface area (Å²) in [5.74, 6) is 1.79. The number of carbonyl (C=O) groups excluding carboxylic acids is 1. The second-order valence-corrected chi connectivity index (χ2v) is 6.41. The van der Waals surface area contributed by atoms with Crippen LogP contribution in [0.15, 0.2) is 0 Å². The van der Waals surface area contributed by atoms with Crippen LogP contribution in [0.25, 0.3) is 0 Å². The Morgan fingerprint density at radius 3 is 2.63 bits per heavy atom. The summed E-state index contributed by atoms with van der Waals surface area (Å²) in [5, 5.41) is 6.38. The van der Waals surface area contributed by atoms with Crippen molar-refractivity contribution >= 4 is 5.91 Å². The molecule has 4 nitrogen and oxygen atoms in total. The molecule has 110 valence electrons. The van der Waals surface area contributed by atoms with Crippen LogP contribution in [0.1, 0.15) is 33.1 Å². The molecule has 0 aliphatic carbocycles. The predicted octanol–water partition coefficient (Wildman–Crippen LogP) is 1.08. The average Bonchev–Trinajstić information content (AvgIpc) is 2.83. The molecule has 0 aromatic carbocycles. The van der Waals surface area contributed by atoms with Crippen molar-refractivity contribution in [2.45, 2.75) is 33.1 Å². The highest BCUT2D eigenvalue weighted by Crippen LogP contribution is 2.16. The van der Waals surface area contributed by atoms with Gasteiger partial charge in [-0.2, -0.15) is 0 Å². The number of likely N-dealkylation sites (tertiary alicyclic amines) is 1. The van der Waals surface area contributed by atoms with Crippen LogP contribution in [0, 0.1) is 17.8 Å². The van der Waals surface area contributed by atoms with Gasteiger partial charge in [0.05, 0.1) is 5.92 Å². The van der Waals surface area contributed by atoms with Gasteiger partial charge >= 0.3 is 0 Å². The van der Waals surface area contributed by atoms with Crippen molar-refractivity contribution in [2.24, 2.45) is 17.8 Å². The molecule has 2 aliphatic heterocycles. The first-order chi connectivity index (χ1) is 9.16. The minimum atomic E-state index is 0.177. The fourth-order valence-corrected chi connectivity index (χ4v) is 3.09. The molecule has 0 aromatic heterocycles. The molecule has 19 heavy (non-hydrogen) atoms. The first-order valence-electron chi connectivity index (χ1n) is 7.87. The maximum Gasteiger partial charge on any atom is 0.224 e. The molecule has 2 N–H and O–H groups in total. The normalized spacial score (nSPS) is 29.6. The van der Waals surface area contributed by atoms with Crippen molar-refractivity contribution in [3.05, 3.63) is 0 Å². The number of amides is 1. The fraction of sp³-hybridized carbons (Fsp3) is 0.933. The van der Waals surface area contributed by atoms with E-state index in [9.17, 15) is 4.79 Å². The van der Waals surface area contributed by atoms with Crippen LogP contribution in [0.2, 0.25) is 0 Å². The molecule has 2 aliphatic rings. The van der Waals surface area contributed by atoms with Gasteiger partial charge in [-0.25, -0.2) is 0 Å². The Labute approximate surface area is 117 Å².